The van der Waals surface area contributed by atoms with Crippen LogP contribution in [0.15, 0.2) is 20.6 Å². The molecule has 0 amide bonds. The zero-order valence-electron chi connectivity index (χ0n) is 14.4. The fourth-order valence-corrected chi connectivity index (χ4v) is 7.34. The van der Waals surface area contributed by atoms with Gasteiger partial charge in [-0.3, -0.25) is 4.79 Å². The molecule has 0 bridgehead atoms. The van der Waals surface area contributed by atoms with Gasteiger partial charge in [0, 0.05) is 6.42 Å². The molecule has 4 aliphatic rings. The summed E-state index contributed by atoms with van der Waals surface area (Å²) < 4.78 is 1.01. The molecule has 3 fully saturated rings. The molecule has 0 aromatic rings. The summed E-state index contributed by atoms with van der Waals surface area (Å²) in [7, 11) is 0. The van der Waals surface area contributed by atoms with E-state index in [2.05, 4.69) is 45.7 Å². The van der Waals surface area contributed by atoms with Crippen LogP contribution in [0.5, 0.6) is 0 Å². The van der Waals surface area contributed by atoms with Crippen molar-refractivity contribution in [3.8, 4) is 0 Å². The van der Waals surface area contributed by atoms with Crippen LogP contribution < -0.4 is 0 Å². The first-order valence-corrected chi connectivity index (χ1v) is 10.8. The number of hydrogen-bond donors (Lipinski definition) is 1. The summed E-state index contributed by atoms with van der Waals surface area (Å²) in [5.74, 6) is 2.15. The summed E-state index contributed by atoms with van der Waals surface area (Å²) >= 11 is 7.30. The van der Waals surface area contributed by atoms with Crippen LogP contribution >= 0.6 is 31.9 Å². The Bertz CT molecular complexity index is 648. The number of hydrogen-bond acceptors (Lipinski definition) is 2. The predicted molar refractivity (Wildman–Crippen MR) is 103 cm³/mol. The second kappa shape index (κ2) is 5.79. The van der Waals surface area contributed by atoms with Crippen LogP contribution in [-0.4, -0.2) is 17.0 Å². The minimum absolute atomic E-state index is 0.0904. The SMILES string of the molecule is C[C@]12CC[C@H]3[C@@H](CC(=C(Br)Br)C4=CC(=O)CC[C@@]43C)[C@@H]1CC[C@@H]2O. The Hall–Kier alpha value is 0.0700. The lowest BCUT2D eigenvalue weighted by Gasteiger charge is -2.58. The van der Waals surface area contributed by atoms with Gasteiger partial charge in [-0.2, -0.15) is 0 Å². The van der Waals surface area contributed by atoms with Gasteiger partial charge in [-0.15, -0.1) is 0 Å². The highest BCUT2D eigenvalue weighted by atomic mass is 79.9. The topological polar surface area (TPSA) is 37.3 Å². The maximum Gasteiger partial charge on any atom is 0.156 e. The second-order valence-electron chi connectivity index (χ2n) is 8.90. The Labute approximate surface area is 161 Å². The number of fused-ring (bicyclic) bond motifs is 5. The fourth-order valence-electron chi connectivity index (χ4n) is 6.59. The monoisotopic (exact) mass is 456 g/mol. The summed E-state index contributed by atoms with van der Waals surface area (Å²) in [4.78, 5) is 12.1. The zero-order valence-corrected chi connectivity index (χ0v) is 17.6. The number of halogens is 2. The number of aliphatic hydroxyl groups is 1. The molecule has 0 spiro atoms. The molecular weight excluding hydrogens is 432 g/mol. The van der Waals surface area contributed by atoms with Crippen molar-refractivity contribution in [3.05, 3.63) is 20.6 Å². The van der Waals surface area contributed by atoms with E-state index in [1.165, 1.54) is 17.6 Å². The lowest BCUT2D eigenvalue weighted by Crippen LogP contribution is -2.51. The smallest absolute Gasteiger partial charge is 0.156 e. The van der Waals surface area contributed by atoms with Gasteiger partial charge < -0.3 is 5.11 Å². The molecule has 4 heteroatoms. The van der Waals surface area contributed by atoms with E-state index in [0.717, 1.165) is 35.5 Å². The van der Waals surface area contributed by atoms with Crippen LogP contribution in [0.1, 0.15) is 58.8 Å². The Balaban J connectivity index is 1.81. The molecule has 4 aliphatic carbocycles. The molecule has 1 N–H and O–H groups in total. The maximum absolute atomic E-state index is 12.1. The molecule has 6 atom stereocenters. The summed E-state index contributed by atoms with van der Waals surface area (Å²) in [6.07, 6.45) is 8.89. The average Bonchev–Trinajstić information content (AvgIpc) is 2.83. The molecule has 24 heavy (non-hydrogen) atoms. The lowest BCUT2D eigenvalue weighted by atomic mass is 9.46. The van der Waals surface area contributed by atoms with E-state index in [1.807, 2.05) is 6.08 Å². The summed E-state index contributed by atoms with van der Waals surface area (Å²) in [5, 5.41) is 10.6. The molecule has 132 valence electrons. The van der Waals surface area contributed by atoms with Crippen molar-refractivity contribution in [2.45, 2.75) is 64.9 Å². The van der Waals surface area contributed by atoms with E-state index in [9.17, 15) is 9.90 Å². The standard InChI is InChI=1S/C20H26Br2O2/c1-19-7-5-11(23)9-16(19)13(18(21)22)10-12-14-3-4-17(24)20(14,2)8-6-15(12)19/h9,12,14-15,17,24H,3-8,10H2,1-2H3/t12-,14-,15-,17-,19+,20-/m0/s1. The van der Waals surface area contributed by atoms with E-state index >= 15 is 0 Å². The molecule has 3 saturated carbocycles. The first-order valence-electron chi connectivity index (χ1n) is 9.25. The highest BCUT2D eigenvalue weighted by molar-refractivity contribution is 9.28. The normalized spacial score (nSPS) is 47.6. The van der Waals surface area contributed by atoms with Crippen LogP contribution in [0.4, 0.5) is 0 Å². The molecule has 0 unspecified atom stereocenters. The van der Waals surface area contributed by atoms with Crippen LogP contribution in [0.3, 0.4) is 0 Å². The van der Waals surface area contributed by atoms with E-state index in [0.29, 0.717) is 24.2 Å². The predicted octanol–water partition coefficient (Wildman–Crippen LogP) is 5.49. The van der Waals surface area contributed by atoms with Gasteiger partial charge in [0.1, 0.15) is 0 Å². The highest BCUT2D eigenvalue weighted by Gasteiger charge is 2.59. The molecule has 0 heterocycles. The molecule has 0 aromatic carbocycles. The molecule has 0 aromatic heterocycles. The fraction of sp³-hybridized carbons (Fsp3) is 0.750. The molecule has 0 saturated heterocycles. The number of aliphatic hydroxyl groups excluding tert-OH is 1. The van der Waals surface area contributed by atoms with Crippen molar-refractivity contribution in [2.24, 2.45) is 28.6 Å². The molecule has 0 aliphatic heterocycles. The Kier molecular flexibility index (Phi) is 4.21. The summed E-state index contributed by atoms with van der Waals surface area (Å²) in [5.41, 5.74) is 2.75. The quantitative estimate of drug-likeness (QED) is 0.522. The lowest BCUT2D eigenvalue weighted by molar-refractivity contribution is -0.117. The third-order valence-electron chi connectivity index (χ3n) is 8.01. The molecular formula is C20H26Br2O2. The van der Waals surface area contributed by atoms with E-state index in [1.54, 1.807) is 0 Å². The minimum atomic E-state index is -0.138. The third kappa shape index (κ3) is 2.31. The molecule has 0 radical (unpaired) electrons. The minimum Gasteiger partial charge on any atom is -0.393 e. The van der Waals surface area contributed by atoms with Crippen LogP contribution in [0.2, 0.25) is 0 Å². The van der Waals surface area contributed by atoms with Gasteiger partial charge in [-0.05, 0) is 116 Å². The number of rotatable bonds is 0. The number of ketones is 1. The average molecular weight is 458 g/mol. The second-order valence-corrected chi connectivity index (χ2v) is 11.5. The largest absolute Gasteiger partial charge is 0.393 e. The van der Waals surface area contributed by atoms with Gasteiger partial charge in [-0.25, -0.2) is 0 Å². The third-order valence-corrected chi connectivity index (χ3v) is 8.97. The first-order chi connectivity index (χ1) is 11.3. The van der Waals surface area contributed by atoms with Gasteiger partial charge in [0.15, 0.2) is 5.78 Å². The van der Waals surface area contributed by atoms with Crippen molar-refractivity contribution < 1.29 is 9.90 Å². The van der Waals surface area contributed by atoms with Crippen molar-refractivity contribution >= 4 is 37.6 Å². The van der Waals surface area contributed by atoms with Gasteiger partial charge in [-0.1, -0.05) is 13.8 Å². The van der Waals surface area contributed by atoms with Crippen molar-refractivity contribution in [2.75, 3.05) is 0 Å². The van der Waals surface area contributed by atoms with Crippen molar-refractivity contribution in [3.63, 3.8) is 0 Å². The molecule has 2 nitrogen and oxygen atoms in total. The van der Waals surface area contributed by atoms with Crippen molar-refractivity contribution in [1.82, 2.24) is 0 Å². The van der Waals surface area contributed by atoms with E-state index in [-0.39, 0.29) is 22.7 Å². The number of carbonyl (C=O) groups is 1. The van der Waals surface area contributed by atoms with Crippen LogP contribution in [0, 0.1) is 28.6 Å². The van der Waals surface area contributed by atoms with Gasteiger partial charge in [0.05, 0.1) is 9.50 Å². The summed E-state index contributed by atoms with van der Waals surface area (Å²) in [6.45, 7) is 4.70. The van der Waals surface area contributed by atoms with E-state index < -0.39 is 0 Å². The maximum atomic E-state index is 12.1. The Morgan fingerprint density at radius 1 is 1.17 bits per heavy atom. The summed E-state index contributed by atoms with van der Waals surface area (Å²) in [6, 6.07) is 0. The Morgan fingerprint density at radius 3 is 2.62 bits per heavy atom. The number of carbonyl (C=O) groups excluding carboxylic acids is 1. The van der Waals surface area contributed by atoms with E-state index in [4.69, 9.17) is 0 Å². The van der Waals surface area contributed by atoms with Crippen LogP contribution in [-0.2, 0) is 4.79 Å². The zero-order chi connectivity index (χ0) is 17.3. The Morgan fingerprint density at radius 2 is 1.92 bits per heavy atom. The van der Waals surface area contributed by atoms with Crippen LogP contribution in [0.25, 0.3) is 0 Å². The van der Waals surface area contributed by atoms with Gasteiger partial charge >= 0.3 is 0 Å². The van der Waals surface area contributed by atoms with Gasteiger partial charge in [0.2, 0.25) is 0 Å². The first kappa shape index (κ1) is 17.5. The molecule has 4 rings (SSSR count). The van der Waals surface area contributed by atoms with Crippen molar-refractivity contribution in [1.29, 1.82) is 0 Å². The number of allylic oxidation sites excluding steroid dienone is 2. The highest BCUT2D eigenvalue weighted by Crippen LogP contribution is 2.66. The van der Waals surface area contributed by atoms with Gasteiger partial charge in [0.25, 0.3) is 0 Å².